The van der Waals surface area contributed by atoms with E-state index >= 15 is 0 Å². The van der Waals surface area contributed by atoms with Crippen LogP contribution in [0.3, 0.4) is 0 Å². The monoisotopic (exact) mass is 311 g/mol. The Kier molecular flexibility index (Phi) is 3.83. The molecule has 0 saturated carbocycles. The molecule has 1 aromatic heterocycles. The number of nitrogens with one attached hydrogen (secondary N) is 2. The molecule has 23 heavy (non-hydrogen) atoms. The van der Waals surface area contributed by atoms with Gasteiger partial charge in [-0.3, -0.25) is 5.43 Å². The Morgan fingerprint density at radius 1 is 1.26 bits per heavy atom. The highest BCUT2D eigenvalue weighted by Crippen LogP contribution is 2.27. The normalized spacial score (nSPS) is 16.7. The lowest BCUT2D eigenvalue weighted by Gasteiger charge is -2.04. The third-order valence-electron chi connectivity index (χ3n) is 3.40. The van der Waals surface area contributed by atoms with Crippen molar-refractivity contribution in [2.24, 2.45) is 0 Å². The van der Waals surface area contributed by atoms with Crippen molar-refractivity contribution in [2.45, 2.75) is 13.0 Å². The van der Waals surface area contributed by atoms with Crippen LogP contribution in [0.5, 0.6) is 5.75 Å². The maximum Gasteiger partial charge on any atom is 0.214 e. The van der Waals surface area contributed by atoms with Crippen LogP contribution in [0.4, 0.5) is 10.2 Å². The number of benzene rings is 1. The molecule has 0 saturated heterocycles. The van der Waals surface area contributed by atoms with Crippen molar-refractivity contribution in [2.75, 3.05) is 5.73 Å². The molecule has 7 heteroatoms. The number of hydrogen-bond donors (Lipinski definition) is 4. The number of nitrogen functional groups attached to an aromatic ring is 1. The van der Waals surface area contributed by atoms with Gasteiger partial charge in [0.05, 0.1) is 22.9 Å². The molecule has 0 aliphatic carbocycles. The van der Waals surface area contributed by atoms with Gasteiger partial charge in [0.25, 0.3) is 0 Å². The van der Waals surface area contributed by atoms with Gasteiger partial charge in [0.15, 0.2) is 5.82 Å². The first-order chi connectivity index (χ1) is 11.1. The maximum absolute atomic E-state index is 13.6. The zero-order valence-electron chi connectivity index (χ0n) is 12.3. The summed E-state index contributed by atoms with van der Waals surface area (Å²) in [6.07, 6.45) is 0. The molecule has 0 bridgehead atoms. The highest BCUT2D eigenvalue weighted by Gasteiger charge is 2.19. The van der Waals surface area contributed by atoms with Crippen molar-refractivity contribution in [3.05, 3.63) is 47.4 Å². The summed E-state index contributed by atoms with van der Waals surface area (Å²) in [5.41, 5.74) is 12.6. The van der Waals surface area contributed by atoms with E-state index in [1.54, 1.807) is 37.3 Å². The van der Waals surface area contributed by atoms with Gasteiger partial charge in [-0.25, -0.2) is 5.43 Å². The lowest BCUT2D eigenvalue weighted by atomic mass is 10.1. The number of hydrazine groups is 1. The van der Waals surface area contributed by atoms with Gasteiger partial charge in [0.1, 0.15) is 5.75 Å². The molecule has 1 aliphatic rings. The van der Waals surface area contributed by atoms with Crippen molar-refractivity contribution >= 4 is 5.82 Å². The lowest BCUT2D eigenvalue weighted by Crippen LogP contribution is -2.29. The summed E-state index contributed by atoms with van der Waals surface area (Å²) in [5.74, 6) is 5.27. The number of aromatic hydroxyl groups is 1. The van der Waals surface area contributed by atoms with E-state index in [2.05, 4.69) is 32.9 Å². The molecule has 2 aromatic rings. The van der Waals surface area contributed by atoms with Gasteiger partial charge in [0, 0.05) is 5.56 Å². The minimum absolute atomic E-state index is 0.0806. The third kappa shape index (κ3) is 2.93. The molecule has 0 spiro atoms. The summed E-state index contributed by atoms with van der Waals surface area (Å²) >= 11 is 0. The van der Waals surface area contributed by atoms with E-state index in [-0.39, 0.29) is 17.6 Å². The Balaban J connectivity index is 2.00. The van der Waals surface area contributed by atoms with Crippen LogP contribution in [0, 0.1) is 11.8 Å². The number of para-hydroxylation sites is 1. The van der Waals surface area contributed by atoms with Crippen molar-refractivity contribution in [1.29, 1.82) is 0 Å². The number of aromatic nitrogens is 2. The number of halogens is 1. The summed E-state index contributed by atoms with van der Waals surface area (Å²) in [4.78, 5) is 0. The average Bonchev–Trinajstić information content (AvgIpc) is 2.86. The Hall–Kier alpha value is -3.11. The number of nitrogens with two attached hydrogens (primary N) is 1. The topological polar surface area (TPSA) is 96.1 Å². The molecular weight excluding hydrogens is 297 g/mol. The largest absolute Gasteiger partial charge is 0.507 e. The van der Waals surface area contributed by atoms with Crippen LogP contribution in [-0.2, 0) is 0 Å². The van der Waals surface area contributed by atoms with Gasteiger partial charge in [-0.05, 0) is 25.1 Å². The lowest BCUT2D eigenvalue weighted by molar-refractivity contribution is 0.477. The third-order valence-corrected chi connectivity index (χ3v) is 3.40. The Morgan fingerprint density at radius 2 is 2.04 bits per heavy atom. The first kappa shape index (κ1) is 14.8. The SMILES string of the molecule is CC1NNC(F)=C1C#Cc1cc(-c2ccccc2O)nnc1N. The van der Waals surface area contributed by atoms with Gasteiger partial charge in [-0.2, -0.15) is 4.39 Å². The molecule has 3 rings (SSSR count). The smallest absolute Gasteiger partial charge is 0.214 e. The zero-order valence-corrected chi connectivity index (χ0v) is 12.3. The van der Waals surface area contributed by atoms with Crippen LogP contribution >= 0.6 is 0 Å². The fourth-order valence-corrected chi connectivity index (χ4v) is 2.12. The molecule has 1 atom stereocenters. The molecule has 0 amide bonds. The van der Waals surface area contributed by atoms with Crippen molar-refractivity contribution in [1.82, 2.24) is 21.0 Å². The highest BCUT2D eigenvalue weighted by atomic mass is 19.1. The molecule has 2 heterocycles. The molecule has 0 fully saturated rings. The molecule has 5 N–H and O–H groups in total. The van der Waals surface area contributed by atoms with Crippen LogP contribution in [0.2, 0.25) is 0 Å². The zero-order chi connectivity index (χ0) is 16.4. The van der Waals surface area contributed by atoms with E-state index in [4.69, 9.17) is 5.73 Å². The number of phenols is 1. The minimum atomic E-state index is -0.508. The summed E-state index contributed by atoms with van der Waals surface area (Å²) in [5, 5.41) is 17.7. The second kappa shape index (κ2) is 5.94. The number of rotatable bonds is 1. The predicted molar refractivity (Wildman–Crippen MR) is 84.3 cm³/mol. The number of hydrogen-bond acceptors (Lipinski definition) is 6. The molecule has 1 aromatic carbocycles. The molecule has 6 nitrogen and oxygen atoms in total. The standard InChI is InChI=1S/C16H14FN5O/c1-9-11(15(17)21-19-9)7-6-10-8-13(20-22-16(10)18)12-4-2-3-5-14(12)23/h2-5,8-9,19,21,23H,1H3,(H2,18,22). The van der Waals surface area contributed by atoms with Gasteiger partial charge in [-0.1, -0.05) is 24.0 Å². The first-order valence-corrected chi connectivity index (χ1v) is 6.91. The maximum atomic E-state index is 13.6. The predicted octanol–water partition coefficient (Wildman–Crippen LogP) is 1.46. The quantitative estimate of drug-likeness (QED) is 0.470. The van der Waals surface area contributed by atoms with Gasteiger partial charge < -0.3 is 10.8 Å². The van der Waals surface area contributed by atoms with Gasteiger partial charge in [0.2, 0.25) is 5.95 Å². The van der Waals surface area contributed by atoms with Crippen LogP contribution in [0.25, 0.3) is 11.3 Å². The molecule has 1 aliphatic heterocycles. The Bertz CT molecular complexity index is 853. The second-order valence-corrected chi connectivity index (χ2v) is 5.01. The average molecular weight is 311 g/mol. The van der Waals surface area contributed by atoms with Crippen molar-refractivity contribution in [3.63, 3.8) is 0 Å². The van der Waals surface area contributed by atoms with E-state index in [0.717, 1.165) is 0 Å². The summed E-state index contributed by atoms with van der Waals surface area (Å²) in [6, 6.07) is 8.12. The van der Waals surface area contributed by atoms with E-state index in [0.29, 0.717) is 22.4 Å². The highest BCUT2D eigenvalue weighted by molar-refractivity contribution is 5.69. The number of phenolic OH excluding ortho intramolecular Hbond substituents is 1. The first-order valence-electron chi connectivity index (χ1n) is 6.91. The molecule has 1 unspecified atom stereocenters. The van der Waals surface area contributed by atoms with E-state index in [1.165, 1.54) is 0 Å². The molecular formula is C16H14FN5O. The van der Waals surface area contributed by atoms with Crippen LogP contribution in [0.15, 0.2) is 41.9 Å². The Morgan fingerprint density at radius 3 is 2.74 bits per heavy atom. The minimum Gasteiger partial charge on any atom is -0.507 e. The van der Waals surface area contributed by atoms with Crippen molar-refractivity contribution < 1.29 is 9.50 Å². The van der Waals surface area contributed by atoms with Gasteiger partial charge >= 0.3 is 0 Å². The fraction of sp³-hybridized carbons (Fsp3) is 0.125. The van der Waals surface area contributed by atoms with Crippen molar-refractivity contribution in [3.8, 4) is 28.8 Å². The van der Waals surface area contributed by atoms with Crippen LogP contribution in [0.1, 0.15) is 12.5 Å². The fourth-order valence-electron chi connectivity index (χ4n) is 2.12. The summed E-state index contributed by atoms with van der Waals surface area (Å²) in [7, 11) is 0. The van der Waals surface area contributed by atoms with Crippen LogP contribution < -0.4 is 16.6 Å². The number of anilines is 1. The van der Waals surface area contributed by atoms with E-state index in [1.807, 2.05) is 0 Å². The Labute approximate surface area is 132 Å². The van der Waals surface area contributed by atoms with Gasteiger partial charge in [-0.15, -0.1) is 10.2 Å². The summed E-state index contributed by atoms with van der Waals surface area (Å²) in [6.45, 7) is 1.78. The molecule has 116 valence electrons. The molecule has 0 radical (unpaired) electrons. The number of nitrogens with zero attached hydrogens (tertiary/aromatic N) is 2. The van der Waals surface area contributed by atoms with E-state index in [9.17, 15) is 9.50 Å². The second-order valence-electron chi connectivity index (χ2n) is 5.01. The van der Waals surface area contributed by atoms with E-state index < -0.39 is 5.95 Å². The summed E-state index contributed by atoms with van der Waals surface area (Å²) < 4.78 is 13.6. The van der Waals surface area contributed by atoms with Crippen LogP contribution in [-0.4, -0.2) is 21.3 Å².